The lowest BCUT2D eigenvalue weighted by molar-refractivity contribution is -0.0987. The second-order valence-corrected chi connectivity index (χ2v) is 4.55. The number of pyridine rings is 1. The van der Waals surface area contributed by atoms with Crippen molar-refractivity contribution in [3.05, 3.63) is 77.9 Å². The third-order valence-electron chi connectivity index (χ3n) is 2.79. The summed E-state index contributed by atoms with van der Waals surface area (Å²) in [4.78, 5) is 31.4. The van der Waals surface area contributed by atoms with Crippen LogP contribution in [0.15, 0.2) is 55.0 Å². The van der Waals surface area contributed by atoms with Crippen LogP contribution in [0.3, 0.4) is 0 Å². The smallest absolute Gasteiger partial charge is 0.274 e. The van der Waals surface area contributed by atoms with Gasteiger partial charge in [0.15, 0.2) is 0 Å². The van der Waals surface area contributed by atoms with Gasteiger partial charge < -0.3 is 14.9 Å². The largest absolute Gasteiger partial charge is 0.318 e. The fraction of sp³-hybridized carbons (Fsp3) is 0.150. The van der Waals surface area contributed by atoms with Gasteiger partial charge in [-0.05, 0) is 30.7 Å². The maximum Gasteiger partial charge on any atom is 0.274 e. The maximum absolute atomic E-state index is 12.3. The van der Waals surface area contributed by atoms with Crippen LogP contribution in [0.25, 0.3) is 0 Å². The van der Waals surface area contributed by atoms with Gasteiger partial charge in [0.25, 0.3) is 5.91 Å². The Balaban J connectivity index is -0.000000398. The van der Waals surface area contributed by atoms with Crippen molar-refractivity contribution in [2.24, 2.45) is 0 Å². The highest BCUT2D eigenvalue weighted by Crippen LogP contribution is 2.06. The van der Waals surface area contributed by atoms with Crippen molar-refractivity contribution in [3.63, 3.8) is 0 Å². The van der Waals surface area contributed by atoms with Gasteiger partial charge in [0.2, 0.25) is 0 Å². The van der Waals surface area contributed by atoms with Crippen molar-refractivity contribution < 1.29 is 24.6 Å². The van der Waals surface area contributed by atoms with Crippen LogP contribution in [0.4, 0.5) is 14.5 Å². The number of nitrogens with zero attached hydrogens (tertiary/aromatic N) is 2. The van der Waals surface area contributed by atoms with Crippen molar-refractivity contribution in [2.45, 2.75) is 20.8 Å². The van der Waals surface area contributed by atoms with Crippen LogP contribution in [0, 0.1) is 18.6 Å². The molecule has 0 aliphatic rings. The van der Waals surface area contributed by atoms with E-state index in [0.29, 0.717) is 16.9 Å². The van der Waals surface area contributed by atoms with E-state index in [-0.39, 0.29) is 7.33 Å². The Morgan fingerprint density at radius 2 is 1.76 bits per heavy atom. The van der Waals surface area contributed by atoms with Gasteiger partial charge in [0.05, 0.1) is 11.9 Å². The highest BCUT2D eigenvalue weighted by Gasteiger charge is 2.06. The van der Waals surface area contributed by atoms with Gasteiger partial charge in [0, 0.05) is 19.9 Å². The topological polar surface area (TPSA) is 105 Å². The van der Waals surface area contributed by atoms with E-state index >= 15 is 0 Å². The van der Waals surface area contributed by atoms with E-state index in [0.717, 1.165) is 6.07 Å². The van der Waals surface area contributed by atoms with Crippen molar-refractivity contribution in [2.75, 3.05) is 5.32 Å². The molecule has 0 aliphatic heterocycles. The van der Waals surface area contributed by atoms with E-state index in [1.54, 1.807) is 37.5 Å². The molecule has 0 bridgehead atoms. The average molecular weight is 408 g/mol. The zero-order valence-corrected chi connectivity index (χ0v) is 16.5. The molecule has 2 N–H and O–H groups in total. The van der Waals surface area contributed by atoms with Crippen molar-refractivity contribution >= 4 is 25.2 Å². The number of aromatic nitrogens is 3. The van der Waals surface area contributed by atoms with Crippen LogP contribution < -0.4 is 5.32 Å². The standard InChI is InChI=1S/C9H8N4O.C7H6F2.C2H6.2CH2O.H2/c14-9(8-3-1-2-4-10-8)13-7-5-11-12-6-7;1-5-2-3-6(8)4-7(5)9;3*1-2;/h1-6H,(H,11,12)(H,13,14);2-4H,1H3;1-2H3;2*1H2;1H. The number of halogens is 2. The number of hydrogen-bond donors (Lipinski definition) is 2. The number of carbonyl (C=O) groups is 3. The van der Waals surface area contributed by atoms with E-state index in [2.05, 4.69) is 20.5 Å². The quantitative estimate of drug-likeness (QED) is 0.660. The fourth-order valence-electron chi connectivity index (χ4n) is 1.58. The van der Waals surface area contributed by atoms with Gasteiger partial charge in [-0.1, -0.05) is 26.0 Å². The lowest BCUT2D eigenvalue weighted by Crippen LogP contribution is -2.12. The van der Waals surface area contributed by atoms with Crippen molar-refractivity contribution in [1.82, 2.24) is 15.2 Å². The number of nitrogens with one attached hydrogen (secondary N) is 2. The third kappa shape index (κ3) is 11.5. The van der Waals surface area contributed by atoms with Crippen molar-refractivity contribution in [3.8, 4) is 0 Å². The number of aryl methyl sites for hydroxylation is 1. The summed E-state index contributed by atoms with van der Waals surface area (Å²) in [5.41, 5.74) is 1.48. The Morgan fingerprint density at radius 1 is 1.10 bits per heavy atom. The molecule has 158 valence electrons. The SMILES string of the molecule is C=O.C=O.CC.Cc1ccc(F)cc1F.O=C(Nc1cn[nH]c1)c1ccccn1.[HH]. The first-order valence-corrected chi connectivity index (χ1v) is 8.27. The minimum atomic E-state index is -0.530. The van der Waals surface area contributed by atoms with E-state index in [4.69, 9.17) is 9.59 Å². The molecule has 2 heterocycles. The molecule has 0 spiro atoms. The summed E-state index contributed by atoms with van der Waals surface area (Å²) >= 11 is 0. The Kier molecular flexibility index (Phi) is 16.7. The molecule has 3 rings (SSSR count). The minimum absolute atomic E-state index is 0. The normalized spacial score (nSPS) is 8.17. The van der Waals surface area contributed by atoms with E-state index in [1.807, 2.05) is 27.4 Å². The predicted octanol–water partition coefficient (Wildman–Crippen LogP) is 4.23. The molecule has 0 saturated carbocycles. The molecule has 0 aliphatic carbocycles. The predicted molar refractivity (Wildman–Crippen MR) is 110 cm³/mol. The molecule has 0 atom stereocenters. The van der Waals surface area contributed by atoms with E-state index in [1.165, 1.54) is 18.3 Å². The van der Waals surface area contributed by atoms with Crippen LogP contribution >= 0.6 is 0 Å². The van der Waals surface area contributed by atoms with Gasteiger partial charge in [-0.25, -0.2) is 8.78 Å². The molecule has 0 saturated heterocycles. The molecule has 0 fully saturated rings. The fourth-order valence-corrected chi connectivity index (χ4v) is 1.58. The van der Waals surface area contributed by atoms with Gasteiger partial charge >= 0.3 is 0 Å². The average Bonchev–Trinajstić information content (AvgIpc) is 3.29. The Hall–Kier alpha value is -3.75. The first-order valence-electron chi connectivity index (χ1n) is 8.27. The second kappa shape index (κ2) is 17.7. The van der Waals surface area contributed by atoms with Gasteiger partial charge in [-0.15, -0.1) is 0 Å². The Morgan fingerprint density at radius 3 is 2.21 bits per heavy atom. The molecule has 1 amide bonds. The lowest BCUT2D eigenvalue weighted by atomic mass is 10.2. The molecule has 0 radical (unpaired) electrons. The zero-order chi connectivity index (χ0) is 22.7. The highest BCUT2D eigenvalue weighted by molar-refractivity contribution is 6.02. The third-order valence-corrected chi connectivity index (χ3v) is 2.79. The monoisotopic (exact) mass is 408 g/mol. The molecule has 0 unspecified atom stereocenters. The van der Waals surface area contributed by atoms with Gasteiger partial charge in [-0.2, -0.15) is 5.10 Å². The van der Waals surface area contributed by atoms with E-state index in [9.17, 15) is 13.6 Å². The molecule has 7 nitrogen and oxygen atoms in total. The molecular weight excluding hydrogens is 382 g/mol. The number of rotatable bonds is 2. The summed E-state index contributed by atoms with van der Waals surface area (Å²) in [5, 5.41) is 8.95. The molecule has 29 heavy (non-hydrogen) atoms. The molecule has 1 aromatic carbocycles. The highest BCUT2D eigenvalue weighted by atomic mass is 19.1. The Bertz CT molecular complexity index is 805. The summed E-state index contributed by atoms with van der Waals surface area (Å²) in [6, 6.07) is 8.68. The lowest BCUT2D eigenvalue weighted by Gasteiger charge is -1.99. The molecular formula is C20H26F2N4O3. The van der Waals surface area contributed by atoms with Gasteiger partial charge in [-0.3, -0.25) is 14.9 Å². The zero-order valence-electron chi connectivity index (χ0n) is 16.5. The Labute approximate surface area is 169 Å². The van der Waals surface area contributed by atoms with Gasteiger partial charge in [0.1, 0.15) is 30.9 Å². The second-order valence-electron chi connectivity index (χ2n) is 4.55. The molecule has 2 aromatic heterocycles. The number of anilines is 1. The number of amides is 1. The summed E-state index contributed by atoms with van der Waals surface area (Å²) in [6.45, 7) is 9.59. The summed E-state index contributed by atoms with van der Waals surface area (Å²) in [7, 11) is 0. The van der Waals surface area contributed by atoms with Crippen LogP contribution in [-0.2, 0) is 9.59 Å². The maximum atomic E-state index is 12.3. The summed E-state index contributed by atoms with van der Waals surface area (Å²) in [6.07, 6.45) is 4.70. The minimum Gasteiger partial charge on any atom is -0.318 e. The van der Waals surface area contributed by atoms with Crippen LogP contribution in [0.2, 0.25) is 0 Å². The molecule has 3 aromatic rings. The number of aromatic amines is 1. The van der Waals surface area contributed by atoms with Crippen LogP contribution in [0.1, 0.15) is 31.3 Å². The summed E-state index contributed by atoms with van der Waals surface area (Å²) in [5.74, 6) is -1.26. The molecule has 9 heteroatoms. The van der Waals surface area contributed by atoms with E-state index < -0.39 is 11.6 Å². The first-order chi connectivity index (χ1) is 14.1. The number of hydrogen-bond acceptors (Lipinski definition) is 5. The number of carbonyl (C=O) groups excluding carboxylic acids is 3. The first kappa shape index (κ1) is 27.5. The van der Waals surface area contributed by atoms with Crippen LogP contribution in [0.5, 0.6) is 0 Å². The summed E-state index contributed by atoms with van der Waals surface area (Å²) < 4.78 is 24.4. The van der Waals surface area contributed by atoms with Crippen LogP contribution in [-0.4, -0.2) is 34.7 Å². The van der Waals surface area contributed by atoms with Crippen molar-refractivity contribution in [1.29, 1.82) is 0 Å². The number of H-pyrrole nitrogens is 1. The number of benzene rings is 1.